The van der Waals surface area contributed by atoms with Crippen molar-refractivity contribution in [3.63, 3.8) is 0 Å². The molecule has 0 N–H and O–H groups in total. The van der Waals surface area contributed by atoms with Crippen LogP contribution >= 0.6 is 11.6 Å². The van der Waals surface area contributed by atoms with E-state index in [4.69, 9.17) is 11.6 Å². The lowest BCUT2D eigenvalue weighted by molar-refractivity contribution is 0.892. The summed E-state index contributed by atoms with van der Waals surface area (Å²) in [5.74, 6) is 0.816. The summed E-state index contributed by atoms with van der Waals surface area (Å²) in [6.45, 7) is 2.13. The normalized spacial score (nSPS) is 10.1. The molecule has 0 aliphatic carbocycles. The molecule has 0 atom stereocenters. The zero-order chi connectivity index (χ0) is 13.9. The van der Waals surface area contributed by atoms with Crippen molar-refractivity contribution in [3.05, 3.63) is 71.8 Å². The van der Waals surface area contributed by atoms with Crippen molar-refractivity contribution >= 4 is 21.8 Å². The minimum absolute atomic E-state index is 0.623. The van der Waals surface area contributed by atoms with Gasteiger partial charge in [-0.3, -0.25) is 0 Å². The van der Waals surface area contributed by atoms with Crippen LogP contribution in [-0.4, -0.2) is 16.1 Å². The summed E-state index contributed by atoms with van der Waals surface area (Å²) in [6.07, 6.45) is 2.37. The fourth-order valence-corrected chi connectivity index (χ4v) is 2.85. The van der Waals surface area contributed by atoms with Gasteiger partial charge in [0, 0.05) is 16.1 Å². The Balaban J connectivity index is 0.000000312. The van der Waals surface area contributed by atoms with Crippen LogP contribution in [0.4, 0.5) is 0 Å². The number of hydrogen-bond donors (Lipinski definition) is 0. The molecule has 0 radical (unpaired) electrons. The maximum absolute atomic E-state index is 5.30. The third kappa shape index (κ3) is 6.08. The highest BCUT2D eigenvalue weighted by Crippen LogP contribution is 2.20. The van der Waals surface area contributed by atoms with Crippen LogP contribution in [0, 0.1) is 0 Å². The minimum atomic E-state index is 0.623. The van der Waals surface area contributed by atoms with Gasteiger partial charge in [0.05, 0.1) is 0 Å². The molecule has 0 unspecified atom stereocenters. The van der Waals surface area contributed by atoms with Gasteiger partial charge in [-0.15, -0.1) is 11.6 Å². The molecule has 2 rings (SSSR count). The lowest BCUT2D eigenvalue weighted by atomic mass is 10.0. The first-order valence-electron chi connectivity index (χ1n) is 6.95. The fraction of sp³-hybridized carbons (Fsp3) is 0.294. The number of alkyl halides is 1. The highest BCUT2D eigenvalue weighted by Gasteiger charge is 2.05. The van der Waals surface area contributed by atoms with Crippen LogP contribution in [0.2, 0.25) is 0 Å². The Morgan fingerprint density at radius 3 is 1.58 bits per heavy atom. The van der Waals surface area contributed by atoms with E-state index in [1.807, 2.05) is 0 Å². The lowest BCUT2D eigenvalue weighted by Crippen LogP contribution is -1.99. The first-order chi connectivity index (χ1) is 9.29. The monoisotopic (exact) mass is 290 g/mol. The fourth-order valence-electron chi connectivity index (χ4n) is 1.81. The van der Waals surface area contributed by atoms with Crippen molar-refractivity contribution in [1.29, 1.82) is 0 Å². The average Bonchev–Trinajstić information content (AvgIpc) is 2.50. The van der Waals surface area contributed by atoms with Gasteiger partial charge in [0.2, 0.25) is 0 Å². The third-order valence-corrected chi connectivity index (χ3v) is 4.69. The Hall–Kier alpha value is -1.05. The first-order valence-corrected chi connectivity index (χ1v) is 8.64. The molecule has 102 valence electrons. The molecular weight excluding hydrogens is 268 g/mol. The van der Waals surface area contributed by atoms with Gasteiger partial charge in [0.15, 0.2) is 0 Å². The van der Waals surface area contributed by atoms with Gasteiger partial charge >= 0.3 is 0 Å². The van der Waals surface area contributed by atoms with E-state index in [2.05, 4.69) is 67.6 Å². The van der Waals surface area contributed by atoms with E-state index in [1.165, 1.54) is 17.5 Å². The summed E-state index contributed by atoms with van der Waals surface area (Å²) in [6, 6.07) is 21.5. The van der Waals surface area contributed by atoms with Crippen molar-refractivity contribution in [2.45, 2.75) is 25.3 Å². The molecule has 2 aromatic carbocycles. The molecular formula is C17H23ClSi. The van der Waals surface area contributed by atoms with Crippen LogP contribution in [0.25, 0.3) is 0 Å². The number of rotatable bonds is 4. The minimum Gasteiger partial charge on any atom is -0.127 e. The van der Waals surface area contributed by atoms with E-state index in [0.29, 0.717) is 5.54 Å². The largest absolute Gasteiger partial charge is 0.127 e. The Bertz CT molecular complexity index is 386. The Morgan fingerprint density at radius 2 is 1.32 bits per heavy atom. The highest BCUT2D eigenvalue weighted by atomic mass is 35.5. The topological polar surface area (TPSA) is 0 Å². The molecule has 0 spiro atoms. The standard InChI is InChI=1S/C13H14Si.C4H9Cl/c14-13(11-7-3-1-4-8-11)12-9-5-2-6-10-12;1-2-3-4-5/h1-10,13H,14H3;2-4H2,1H3. The van der Waals surface area contributed by atoms with Crippen LogP contribution in [0.1, 0.15) is 36.4 Å². The second-order valence-electron chi connectivity index (χ2n) is 4.59. The predicted octanol–water partition coefficient (Wildman–Crippen LogP) is 4.17. The molecule has 0 amide bonds. The Kier molecular flexibility index (Phi) is 8.27. The van der Waals surface area contributed by atoms with Crippen LogP contribution in [0.3, 0.4) is 0 Å². The first kappa shape index (κ1) is 16.0. The molecule has 0 fully saturated rings. The smallest absolute Gasteiger partial charge is 0.0223 e. The maximum atomic E-state index is 5.30. The van der Waals surface area contributed by atoms with Gasteiger partial charge < -0.3 is 0 Å². The quantitative estimate of drug-likeness (QED) is 0.586. The van der Waals surface area contributed by atoms with E-state index in [-0.39, 0.29) is 0 Å². The summed E-state index contributed by atoms with van der Waals surface area (Å²) in [7, 11) is 1.16. The van der Waals surface area contributed by atoms with Crippen LogP contribution in [0.5, 0.6) is 0 Å². The van der Waals surface area contributed by atoms with Crippen LogP contribution < -0.4 is 0 Å². The molecule has 2 aromatic rings. The number of benzene rings is 2. The van der Waals surface area contributed by atoms with Crippen molar-refractivity contribution < 1.29 is 0 Å². The Labute approximate surface area is 125 Å². The molecule has 0 aromatic heterocycles. The average molecular weight is 291 g/mol. The summed E-state index contributed by atoms with van der Waals surface area (Å²) in [5, 5.41) is 0. The van der Waals surface area contributed by atoms with E-state index >= 15 is 0 Å². The van der Waals surface area contributed by atoms with Crippen LogP contribution in [0.15, 0.2) is 60.7 Å². The molecule has 0 aliphatic heterocycles. The molecule has 2 heteroatoms. The number of hydrogen-bond acceptors (Lipinski definition) is 0. The molecule has 0 nitrogen and oxygen atoms in total. The number of unbranched alkanes of at least 4 members (excludes halogenated alkanes) is 1. The summed E-state index contributed by atoms with van der Waals surface area (Å²) < 4.78 is 0. The van der Waals surface area contributed by atoms with E-state index < -0.39 is 0 Å². The second kappa shape index (κ2) is 9.82. The molecule has 0 saturated carbocycles. The lowest BCUT2D eigenvalue weighted by Gasteiger charge is -2.11. The number of halogens is 1. The molecule has 0 saturated heterocycles. The van der Waals surface area contributed by atoms with E-state index in [0.717, 1.165) is 22.5 Å². The van der Waals surface area contributed by atoms with Crippen LogP contribution in [-0.2, 0) is 0 Å². The van der Waals surface area contributed by atoms with Gasteiger partial charge in [-0.05, 0) is 23.1 Å². The maximum Gasteiger partial charge on any atom is 0.0223 e. The van der Waals surface area contributed by atoms with E-state index in [9.17, 15) is 0 Å². The predicted molar refractivity (Wildman–Crippen MR) is 90.3 cm³/mol. The summed E-state index contributed by atoms with van der Waals surface area (Å²) in [4.78, 5) is 0. The van der Waals surface area contributed by atoms with Crippen molar-refractivity contribution in [2.75, 3.05) is 5.88 Å². The SMILES string of the molecule is CCCCCl.[SiH3]C(c1ccccc1)c1ccccc1. The van der Waals surface area contributed by atoms with Gasteiger partial charge in [-0.2, -0.15) is 0 Å². The van der Waals surface area contributed by atoms with E-state index in [1.54, 1.807) is 0 Å². The van der Waals surface area contributed by atoms with Gasteiger partial charge in [0.25, 0.3) is 0 Å². The Morgan fingerprint density at radius 1 is 0.895 bits per heavy atom. The molecule has 0 bridgehead atoms. The second-order valence-corrected chi connectivity index (χ2v) is 6.12. The zero-order valence-corrected chi connectivity index (χ0v) is 14.6. The van der Waals surface area contributed by atoms with Gasteiger partial charge in [-0.25, -0.2) is 0 Å². The van der Waals surface area contributed by atoms with Crippen molar-refractivity contribution in [3.8, 4) is 0 Å². The third-order valence-electron chi connectivity index (χ3n) is 3.09. The van der Waals surface area contributed by atoms with Crippen molar-refractivity contribution in [1.82, 2.24) is 0 Å². The summed E-state index contributed by atoms with van der Waals surface area (Å²) in [5.41, 5.74) is 3.49. The molecule has 19 heavy (non-hydrogen) atoms. The molecule has 0 heterocycles. The van der Waals surface area contributed by atoms with Crippen molar-refractivity contribution in [2.24, 2.45) is 0 Å². The van der Waals surface area contributed by atoms with Gasteiger partial charge in [0.1, 0.15) is 0 Å². The summed E-state index contributed by atoms with van der Waals surface area (Å²) >= 11 is 5.30. The van der Waals surface area contributed by atoms with Gasteiger partial charge in [-0.1, -0.05) is 74.0 Å². The highest BCUT2D eigenvalue weighted by molar-refractivity contribution is 6.17. The molecule has 0 aliphatic rings. The zero-order valence-electron chi connectivity index (χ0n) is 11.9.